The topological polar surface area (TPSA) is 43.6 Å². The molecule has 136 valence electrons. The minimum Gasteiger partial charge on any atom is -0.494 e. The van der Waals surface area contributed by atoms with E-state index < -0.39 is 0 Å². The summed E-state index contributed by atoms with van der Waals surface area (Å²) in [6, 6.07) is 23.7. The average molecular weight is 359 g/mol. The van der Waals surface area contributed by atoms with Gasteiger partial charge >= 0.3 is 0 Å². The summed E-state index contributed by atoms with van der Waals surface area (Å²) in [5.74, 6) is 1.65. The molecule has 0 aliphatic heterocycles. The highest BCUT2D eigenvalue weighted by molar-refractivity contribution is 5.87. The lowest BCUT2D eigenvalue weighted by Crippen LogP contribution is -2.01. The maximum Gasteiger partial charge on any atom is 0.199 e. The Morgan fingerprint density at radius 1 is 0.852 bits per heavy atom. The summed E-state index contributed by atoms with van der Waals surface area (Å²) in [4.78, 5) is 0. The van der Waals surface area contributed by atoms with Crippen LogP contribution in [0.25, 0.3) is 10.8 Å². The molecule has 1 N–H and O–H groups in total. The zero-order valence-corrected chi connectivity index (χ0v) is 15.1. The lowest BCUT2D eigenvalue weighted by Gasteiger charge is -2.13. The molecule has 0 fully saturated rings. The van der Waals surface area contributed by atoms with Crippen LogP contribution in [0.2, 0.25) is 0 Å². The van der Waals surface area contributed by atoms with Crippen LogP contribution < -0.4 is 9.47 Å². The number of ether oxygens (including phenoxy) is 2. The maximum atomic E-state index is 10.4. The fraction of sp³-hybridized carbons (Fsp3) is 0.130. The number of nitrogens with zero attached hydrogens (tertiary/aromatic N) is 1. The van der Waals surface area contributed by atoms with Crippen molar-refractivity contribution in [1.29, 1.82) is 0 Å². The van der Waals surface area contributed by atoms with Crippen molar-refractivity contribution in [3.8, 4) is 17.4 Å². The molecule has 0 spiro atoms. The highest BCUT2D eigenvalue weighted by Gasteiger charge is 2.10. The third-order valence-corrected chi connectivity index (χ3v) is 4.59. The van der Waals surface area contributed by atoms with E-state index in [1.54, 1.807) is 7.11 Å². The Labute approximate surface area is 158 Å². The van der Waals surface area contributed by atoms with Gasteiger partial charge in [0.15, 0.2) is 17.4 Å². The summed E-state index contributed by atoms with van der Waals surface area (Å²) < 4.78 is 13.3. The first-order valence-corrected chi connectivity index (χ1v) is 8.85. The van der Waals surface area contributed by atoms with Gasteiger partial charge in [0.05, 0.1) is 13.7 Å². The predicted molar refractivity (Wildman–Crippen MR) is 106 cm³/mol. The van der Waals surface area contributed by atoms with Crippen molar-refractivity contribution < 1.29 is 14.6 Å². The lowest BCUT2D eigenvalue weighted by molar-refractivity contribution is 0.284. The second kappa shape index (κ2) is 7.46. The number of rotatable bonds is 6. The van der Waals surface area contributed by atoms with Crippen LogP contribution >= 0.6 is 0 Å². The number of hydrogen-bond donors (Lipinski definition) is 1. The van der Waals surface area contributed by atoms with Crippen LogP contribution in [0, 0.1) is 0 Å². The van der Waals surface area contributed by atoms with Gasteiger partial charge in [-0.1, -0.05) is 54.6 Å². The number of aromatic nitrogens is 1. The highest BCUT2D eigenvalue weighted by Crippen LogP contribution is 2.31. The Balaban J connectivity index is 1.54. The van der Waals surface area contributed by atoms with Gasteiger partial charge in [-0.05, 0) is 29.3 Å². The van der Waals surface area contributed by atoms with Crippen molar-refractivity contribution in [2.45, 2.75) is 13.2 Å². The predicted octanol–water partition coefficient (Wildman–Crippen LogP) is 4.98. The zero-order chi connectivity index (χ0) is 18.6. The molecule has 4 heteroatoms. The second-order valence-electron chi connectivity index (χ2n) is 6.43. The van der Waals surface area contributed by atoms with Crippen LogP contribution in [0.3, 0.4) is 0 Å². The second-order valence-corrected chi connectivity index (χ2v) is 6.43. The molecule has 27 heavy (non-hydrogen) atoms. The van der Waals surface area contributed by atoms with Gasteiger partial charge in [0.1, 0.15) is 6.61 Å². The molecule has 0 bridgehead atoms. The first-order valence-electron chi connectivity index (χ1n) is 8.85. The van der Waals surface area contributed by atoms with Gasteiger partial charge in [-0.2, -0.15) is 0 Å². The van der Waals surface area contributed by atoms with Crippen molar-refractivity contribution in [2.24, 2.45) is 0 Å². The monoisotopic (exact) mass is 359 g/mol. The quantitative estimate of drug-likeness (QED) is 0.528. The number of methoxy groups -OCH3 is 1. The van der Waals surface area contributed by atoms with Crippen LogP contribution in [0.5, 0.6) is 17.4 Å². The van der Waals surface area contributed by atoms with Gasteiger partial charge in [0.25, 0.3) is 0 Å². The van der Waals surface area contributed by atoms with Crippen LogP contribution in [0.15, 0.2) is 79.0 Å². The number of fused-ring (bicyclic) bond motifs is 1. The van der Waals surface area contributed by atoms with E-state index in [1.165, 1.54) is 0 Å². The van der Waals surface area contributed by atoms with Gasteiger partial charge in [0, 0.05) is 17.0 Å². The fourth-order valence-corrected chi connectivity index (χ4v) is 3.18. The van der Waals surface area contributed by atoms with Crippen LogP contribution in [0.1, 0.15) is 11.1 Å². The van der Waals surface area contributed by atoms with E-state index in [1.807, 2.05) is 83.6 Å². The van der Waals surface area contributed by atoms with Crippen molar-refractivity contribution in [3.05, 3.63) is 90.1 Å². The van der Waals surface area contributed by atoms with Gasteiger partial charge in [-0.15, -0.1) is 0 Å². The van der Waals surface area contributed by atoms with Crippen LogP contribution in [-0.4, -0.2) is 16.8 Å². The van der Waals surface area contributed by atoms with E-state index in [-0.39, 0.29) is 5.88 Å². The van der Waals surface area contributed by atoms with E-state index in [0.717, 1.165) is 21.9 Å². The average Bonchev–Trinajstić information content (AvgIpc) is 3.03. The molecule has 0 amide bonds. The molecule has 0 unspecified atom stereocenters. The summed E-state index contributed by atoms with van der Waals surface area (Å²) >= 11 is 0. The summed E-state index contributed by atoms with van der Waals surface area (Å²) in [5.41, 5.74) is 2.13. The van der Waals surface area contributed by atoms with Gasteiger partial charge in [-0.3, -0.25) is 0 Å². The molecule has 0 atom stereocenters. The Morgan fingerprint density at radius 3 is 2.41 bits per heavy atom. The molecule has 0 aliphatic carbocycles. The summed E-state index contributed by atoms with van der Waals surface area (Å²) in [6.45, 7) is 1.04. The smallest absolute Gasteiger partial charge is 0.199 e. The van der Waals surface area contributed by atoms with Crippen LogP contribution in [0.4, 0.5) is 0 Å². The molecular formula is C23H21NO3. The molecular weight excluding hydrogens is 338 g/mol. The van der Waals surface area contributed by atoms with Gasteiger partial charge < -0.3 is 19.1 Å². The minimum absolute atomic E-state index is 0.272. The summed E-state index contributed by atoms with van der Waals surface area (Å²) in [7, 11) is 1.63. The summed E-state index contributed by atoms with van der Waals surface area (Å²) in [6.07, 6.45) is 1.96. The normalized spacial score (nSPS) is 10.9. The summed E-state index contributed by atoms with van der Waals surface area (Å²) in [5, 5.41) is 12.3. The van der Waals surface area contributed by atoms with E-state index >= 15 is 0 Å². The molecule has 4 nitrogen and oxygen atoms in total. The van der Waals surface area contributed by atoms with Crippen molar-refractivity contribution >= 4 is 10.8 Å². The first kappa shape index (κ1) is 17.0. The minimum atomic E-state index is 0.272. The molecule has 0 saturated carbocycles. The first-order chi connectivity index (χ1) is 13.2. The van der Waals surface area contributed by atoms with Gasteiger partial charge in [0.2, 0.25) is 0 Å². The molecule has 1 aromatic heterocycles. The Hall–Kier alpha value is -3.40. The largest absolute Gasteiger partial charge is 0.494 e. The molecule has 1 heterocycles. The van der Waals surface area contributed by atoms with Crippen molar-refractivity contribution in [2.75, 3.05) is 7.11 Å². The highest BCUT2D eigenvalue weighted by atomic mass is 16.5. The number of benzene rings is 3. The lowest BCUT2D eigenvalue weighted by atomic mass is 10.2. The van der Waals surface area contributed by atoms with Crippen molar-refractivity contribution in [3.63, 3.8) is 0 Å². The third kappa shape index (κ3) is 3.60. The molecule has 0 saturated heterocycles. The van der Waals surface area contributed by atoms with E-state index in [9.17, 15) is 5.11 Å². The van der Waals surface area contributed by atoms with E-state index in [0.29, 0.717) is 24.7 Å². The van der Waals surface area contributed by atoms with Gasteiger partial charge in [-0.25, -0.2) is 0 Å². The molecule has 4 rings (SSSR count). The van der Waals surface area contributed by atoms with Crippen molar-refractivity contribution in [1.82, 2.24) is 4.57 Å². The third-order valence-electron chi connectivity index (χ3n) is 4.59. The number of hydrogen-bond acceptors (Lipinski definition) is 3. The Bertz CT molecular complexity index is 1050. The standard InChI is InChI=1S/C23H21NO3/c1-26-22-13-18(11-12-21(22)27-16-17-7-3-2-4-8-17)14-24-15-19-9-5-6-10-20(19)23(24)25/h2-13,15,25H,14,16H2,1H3. The van der Waals surface area contributed by atoms with E-state index in [4.69, 9.17) is 9.47 Å². The fourth-order valence-electron chi connectivity index (χ4n) is 3.18. The number of aromatic hydroxyl groups is 1. The van der Waals surface area contributed by atoms with E-state index in [2.05, 4.69) is 0 Å². The van der Waals surface area contributed by atoms with Crippen LogP contribution in [-0.2, 0) is 13.2 Å². The Kier molecular flexibility index (Phi) is 4.71. The zero-order valence-electron chi connectivity index (χ0n) is 15.1. The molecule has 0 radical (unpaired) electrons. The maximum absolute atomic E-state index is 10.4. The Morgan fingerprint density at radius 2 is 1.63 bits per heavy atom. The SMILES string of the molecule is COc1cc(Cn2cc3ccccc3c2O)ccc1OCc1ccccc1. The molecule has 4 aromatic rings. The molecule has 3 aromatic carbocycles. The molecule has 0 aliphatic rings.